The molecule has 0 atom stereocenters. The third kappa shape index (κ3) is 5.31. The molecule has 0 aromatic carbocycles. The lowest BCUT2D eigenvalue weighted by Crippen LogP contribution is -2.48. The number of nitrogens with one attached hydrogen (secondary N) is 1. The van der Waals surface area contributed by atoms with E-state index in [0.29, 0.717) is 24.4 Å². The first-order valence-corrected chi connectivity index (χ1v) is 8.83. The van der Waals surface area contributed by atoms with E-state index in [4.69, 9.17) is 9.90 Å². The highest BCUT2D eigenvalue weighted by Gasteiger charge is 2.38. The Morgan fingerprint density at radius 3 is 2.43 bits per heavy atom. The third-order valence-electron chi connectivity index (χ3n) is 4.31. The van der Waals surface area contributed by atoms with Crippen molar-refractivity contribution in [2.45, 2.75) is 12.7 Å². The molecule has 1 amide bonds. The van der Waals surface area contributed by atoms with Crippen LogP contribution in [-0.2, 0) is 11.3 Å². The number of imidazole rings is 2. The van der Waals surface area contributed by atoms with E-state index in [1.54, 1.807) is 31.0 Å². The van der Waals surface area contributed by atoms with Crippen LogP contribution in [0.4, 0.5) is 13.2 Å². The van der Waals surface area contributed by atoms with Crippen LogP contribution in [0, 0.1) is 0 Å². The molecule has 13 heteroatoms. The number of aromatic nitrogens is 5. The fourth-order valence-corrected chi connectivity index (χ4v) is 2.81. The molecule has 0 unspecified atom stereocenters. The summed E-state index contributed by atoms with van der Waals surface area (Å²) >= 11 is 0. The standard InChI is InChI=1S/C15H17N7O.C2HF3O2/c23-15(12-10-22-4-3-16-9-14(22)19-12)21-7-5-20(6-8-21)11-13-17-1-2-18-13;3-2(4,5)1(6)7/h1-4,9-10H,5-8,11H2,(H,17,18);(H,6,7). The number of nitrogens with zero attached hydrogens (tertiary/aromatic N) is 6. The molecule has 0 saturated carbocycles. The van der Waals surface area contributed by atoms with Crippen molar-refractivity contribution in [2.75, 3.05) is 26.2 Å². The number of amides is 1. The molecule has 0 radical (unpaired) electrons. The lowest BCUT2D eigenvalue weighted by molar-refractivity contribution is -0.192. The van der Waals surface area contributed by atoms with E-state index in [1.165, 1.54) is 0 Å². The molecule has 3 aromatic heterocycles. The highest BCUT2D eigenvalue weighted by molar-refractivity contribution is 5.93. The zero-order chi connectivity index (χ0) is 21.7. The van der Waals surface area contributed by atoms with E-state index in [0.717, 1.165) is 25.5 Å². The molecule has 1 fully saturated rings. The van der Waals surface area contributed by atoms with Crippen LogP contribution < -0.4 is 0 Å². The zero-order valence-electron chi connectivity index (χ0n) is 15.6. The molecule has 30 heavy (non-hydrogen) atoms. The molecule has 0 aliphatic carbocycles. The van der Waals surface area contributed by atoms with Gasteiger partial charge in [0.25, 0.3) is 5.91 Å². The number of hydrogen-bond donors (Lipinski definition) is 2. The van der Waals surface area contributed by atoms with Crippen molar-refractivity contribution in [1.82, 2.24) is 34.1 Å². The van der Waals surface area contributed by atoms with Gasteiger partial charge in [0.05, 0.1) is 12.7 Å². The lowest BCUT2D eigenvalue weighted by atomic mass is 10.3. The molecule has 160 valence electrons. The summed E-state index contributed by atoms with van der Waals surface area (Å²) in [5, 5.41) is 7.12. The second-order valence-corrected chi connectivity index (χ2v) is 6.38. The molecule has 1 aliphatic rings. The number of H-pyrrole nitrogens is 1. The zero-order valence-corrected chi connectivity index (χ0v) is 15.6. The van der Waals surface area contributed by atoms with Crippen LogP contribution in [0.1, 0.15) is 16.3 Å². The van der Waals surface area contributed by atoms with Gasteiger partial charge in [-0.05, 0) is 0 Å². The number of carboxylic acid groups (broad SMARTS) is 1. The van der Waals surface area contributed by atoms with Gasteiger partial charge in [0.2, 0.25) is 0 Å². The number of carbonyl (C=O) groups excluding carboxylic acids is 1. The van der Waals surface area contributed by atoms with Gasteiger partial charge in [-0.3, -0.25) is 14.7 Å². The summed E-state index contributed by atoms with van der Waals surface area (Å²) in [6.07, 6.45) is 5.38. The second kappa shape index (κ2) is 8.90. The molecular formula is C17H18F3N7O3. The first-order valence-electron chi connectivity index (χ1n) is 8.83. The van der Waals surface area contributed by atoms with Crippen molar-refractivity contribution >= 4 is 17.5 Å². The molecule has 4 heterocycles. The van der Waals surface area contributed by atoms with Gasteiger partial charge in [-0.15, -0.1) is 0 Å². The van der Waals surface area contributed by atoms with Gasteiger partial charge in [-0.1, -0.05) is 0 Å². The predicted molar refractivity (Wildman–Crippen MR) is 96.4 cm³/mol. The van der Waals surface area contributed by atoms with Crippen LogP contribution in [-0.4, -0.2) is 83.5 Å². The van der Waals surface area contributed by atoms with Crippen LogP contribution in [0.2, 0.25) is 0 Å². The van der Waals surface area contributed by atoms with Crippen LogP contribution in [0.5, 0.6) is 0 Å². The van der Waals surface area contributed by atoms with Crippen molar-refractivity contribution < 1.29 is 27.9 Å². The Morgan fingerprint density at radius 1 is 1.17 bits per heavy atom. The van der Waals surface area contributed by atoms with Gasteiger partial charge < -0.3 is 19.4 Å². The monoisotopic (exact) mass is 425 g/mol. The molecule has 1 saturated heterocycles. The topological polar surface area (TPSA) is 120 Å². The average Bonchev–Trinajstić information content (AvgIpc) is 3.37. The fourth-order valence-electron chi connectivity index (χ4n) is 2.81. The smallest absolute Gasteiger partial charge is 0.475 e. The maximum Gasteiger partial charge on any atom is 0.490 e. The second-order valence-electron chi connectivity index (χ2n) is 6.38. The largest absolute Gasteiger partial charge is 0.490 e. The first kappa shape index (κ1) is 21.2. The average molecular weight is 425 g/mol. The Balaban J connectivity index is 0.000000318. The van der Waals surface area contributed by atoms with Crippen molar-refractivity contribution in [3.63, 3.8) is 0 Å². The van der Waals surface area contributed by atoms with E-state index in [2.05, 4.69) is 24.8 Å². The Labute approximate surface area is 168 Å². The Kier molecular flexibility index (Phi) is 6.30. The molecule has 1 aliphatic heterocycles. The summed E-state index contributed by atoms with van der Waals surface area (Å²) in [5.74, 6) is -1.82. The van der Waals surface area contributed by atoms with Crippen LogP contribution in [0.15, 0.2) is 37.2 Å². The fraction of sp³-hybridized carbons (Fsp3) is 0.353. The normalized spacial score (nSPS) is 15.0. The van der Waals surface area contributed by atoms with Crippen LogP contribution in [0.25, 0.3) is 5.65 Å². The highest BCUT2D eigenvalue weighted by atomic mass is 19.4. The number of rotatable bonds is 3. The van der Waals surface area contributed by atoms with Crippen molar-refractivity contribution in [2.24, 2.45) is 0 Å². The molecule has 2 N–H and O–H groups in total. The first-order chi connectivity index (χ1) is 14.2. The summed E-state index contributed by atoms with van der Waals surface area (Å²) in [4.78, 5) is 41.3. The van der Waals surface area contributed by atoms with E-state index in [-0.39, 0.29) is 5.91 Å². The van der Waals surface area contributed by atoms with E-state index in [9.17, 15) is 18.0 Å². The summed E-state index contributed by atoms with van der Waals surface area (Å²) < 4.78 is 33.5. The minimum Gasteiger partial charge on any atom is -0.475 e. The minimum atomic E-state index is -5.08. The summed E-state index contributed by atoms with van der Waals surface area (Å²) in [6, 6.07) is 0. The maximum absolute atomic E-state index is 12.6. The summed E-state index contributed by atoms with van der Waals surface area (Å²) in [7, 11) is 0. The number of aliphatic carboxylic acids is 1. The number of alkyl halides is 3. The molecule has 10 nitrogen and oxygen atoms in total. The highest BCUT2D eigenvalue weighted by Crippen LogP contribution is 2.13. The molecule has 0 bridgehead atoms. The maximum atomic E-state index is 12.6. The van der Waals surface area contributed by atoms with Crippen molar-refractivity contribution in [3.8, 4) is 0 Å². The van der Waals surface area contributed by atoms with Gasteiger partial charge in [0.15, 0.2) is 5.65 Å². The number of carbonyl (C=O) groups is 2. The van der Waals surface area contributed by atoms with Crippen LogP contribution in [0.3, 0.4) is 0 Å². The minimum absolute atomic E-state index is 0.0219. The van der Waals surface area contributed by atoms with Gasteiger partial charge in [0, 0.05) is 57.2 Å². The molecule has 3 aromatic rings. The van der Waals surface area contributed by atoms with Gasteiger partial charge in [-0.25, -0.2) is 14.8 Å². The van der Waals surface area contributed by atoms with Crippen molar-refractivity contribution in [3.05, 3.63) is 48.7 Å². The number of hydrogen-bond acceptors (Lipinski definition) is 6. The number of halogens is 3. The molecule has 4 rings (SSSR count). The number of carboxylic acids is 1. The Morgan fingerprint density at radius 2 is 1.87 bits per heavy atom. The Hall–Kier alpha value is -3.48. The quantitative estimate of drug-likeness (QED) is 0.644. The van der Waals surface area contributed by atoms with Gasteiger partial charge in [-0.2, -0.15) is 13.2 Å². The molecule has 0 spiro atoms. The summed E-state index contributed by atoms with van der Waals surface area (Å²) in [5.41, 5.74) is 1.16. The SMILES string of the molecule is O=C(O)C(F)(F)F.O=C(c1cn2ccncc2n1)N1CCN(Cc2ncc[nH]2)CC1. The number of aromatic amines is 1. The van der Waals surface area contributed by atoms with Crippen LogP contribution >= 0.6 is 0 Å². The summed E-state index contributed by atoms with van der Waals surface area (Å²) in [6.45, 7) is 3.86. The lowest BCUT2D eigenvalue weighted by Gasteiger charge is -2.33. The van der Waals surface area contributed by atoms with E-state index < -0.39 is 12.1 Å². The van der Waals surface area contributed by atoms with Gasteiger partial charge >= 0.3 is 12.1 Å². The van der Waals surface area contributed by atoms with E-state index in [1.807, 2.05) is 15.5 Å². The third-order valence-corrected chi connectivity index (χ3v) is 4.31. The predicted octanol–water partition coefficient (Wildman–Crippen LogP) is 1.04. The molecular weight excluding hydrogens is 407 g/mol. The van der Waals surface area contributed by atoms with Crippen molar-refractivity contribution in [1.29, 1.82) is 0 Å². The van der Waals surface area contributed by atoms with Gasteiger partial charge in [0.1, 0.15) is 11.5 Å². The number of piperazine rings is 1. The van der Waals surface area contributed by atoms with E-state index >= 15 is 0 Å². The Bertz CT molecular complexity index is 963. The number of fused-ring (bicyclic) bond motifs is 1.